The Bertz CT molecular complexity index is 472. The molecular weight excluding hydrogens is 290 g/mol. The number of sulfonamides is 1. The second kappa shape index (κ2) is 6.62. The molecule has 2 atom stereocenters. The van der Waals surface area contributed by atoms with E-state index in [-0.39, 0.29) is 17.2 Å². The lowest BCUT2D eigenvalue weighted by molar-refractivity contribution is -0.143. The maximum absolute atomic E-state index is 12.8. The smallest absolute Gasteiger partial charge is 0.230 e. The van der Waals surface area contributed by atoms with Crippen LogP contribution in [0.2, 0.25) is 0 Å². The largest absolute Gasteiger partial charge is 0.342 e. The Balaban J connectivity index is 1.95. The molecule has 2 N–H and O–H groups in total. The molecule has 0 bridgehead atoms. The molecular formula is C14H27N3O3S. The van der Waals surface area contributed by atoms with Gasteiger partial charge in [0.2, 0.25) is 15.9 Å². The first-order valence-electron chi connectivity index (χ1n) is 7.81. The van der Waals surface area contributed by atoms with E-state index in [2.05, 4.69) is 17.0 Å². The highest BCUT2D eigenvalue weighted by atomic mass is 32.2. The number of carbonyl (C=O) groups is 1. The van der Waals surface area contributed by atoms with E-state index in [9.17, 15) is 13.2 Å². The Morgan fingerprint density at radius 2 is 2.24 bits per heavy atom. The van der Waals surface area contributed by atoms with Crippen molar-refractivity contribution in [1.29, 1.82) is 0 Å². The number of piperidine rings is 1. The zero-order valence-electron chi connectivity index (χ0n) is 13.0. The molecule has 21 heavy (non-hydrogen) atoms. The van der Waals surface area contributed by atoms with E-state index in [1.807, 2.05) is 4.90 Å². The number of rotatable bonds is 5. The third-order valence-electron chi connectivity index (χ3n) is 4.81. The van der Waals surface area contributed by atoms with E-state index >= 15 is 0 Å². The Hall–Kier alpha value is -0.660. The molecule has 0 aromatic heterocycles. The summed E-state index contributed by atoms with van der Waals surface area (Å²) < 4.78 is 25.0. The highest BCUT2D eigenvalue weighted by Crippen LogP contribution is 2.33. The molecule has 7 heteroatoms. The standard InChI is InChI=1S/C14H27N3O3S/c1-3-14(6-7-15-11-14)13(18)17-8-4-5-12(10-17)9-16-21(2,19)20/h12,15-16H,3-11H2,1-2H3. The molecule has 2 aliphatic heterocycles. The summed E-state index contributed by atoms with van der Waals surface area (Å²) in [6, 6.07) is 0. The van der Waals surface area contributed by atoms with Gasteiger partial charge in [0.1, 0.15) is 0 Å². The average Bonchev–Trinajstić information content (AvgIpc) is 2.94. The molecule has 1 amide bonds. The first kappa shape index (κ1) is 16.7. The van der Waals surface area contributed by atoms with Crippen molar-refractivity contribution >= 4 is 15.9 Å². The van der Waals surface area contributed by atoms with Gasteiger partial charge in [0.05, 0.1) is 11.7 Å². The summed E-state index contributed by atoms with van der Waals surface area (Å²) in [6.45, 7) is 5.66. The van der Waals surface area contributed by atoms with Gasteiger partial charge in [-0.2, -0.15) is 0 Å². The first-order valence-corrected chi connectivity index (χ1v) is 9.70. The molecule has 0 aromatic carbocycles. The van der Waals surface area contributed by atoms with Crippen LogP contribution in [0.25, 0.3) is 0 Å². The van der Waals surface area contributed by atoms with Gasteiger partial charge >= 0.3 is 0 Å². The van der Waals surface area contributed by atoms with Gasteiger partial charge in [-0.15, -0.1) is 0 Å². The molecule has 2 aliphatic rings. The molecule has 0 spiro atoms. The van der Waals surface area contributed by atoms with E-state index < -0.39 is 10.0 Å². The normalized spacial score (nSPS) is 30.6. The van der Waals surface area contributed by atoms with Crippen LogP contribution in [0.15, 0.2) is 0 Å². The molecule has 0 aromatic rings. The van der Waals surface area contributed by atoms with Crippen LogP contribution in [0.4, 0.5) is 0 Å². The molecule has 2 heterocycles. The Kier molecular flexibility index (Phi) is 5.27. The fourth-order valence-corrected chi connectivity index (χ4v) is 3.94. The minimum absolute atomic E-state index is 0.223. The van der Waals surface area contributed by atoms with E-state index in [0.29, 0.717) is 13.1 Å². The van der Waals surface area contributed by atoms with Gasteiger partial charge in [0.25, 0.3) is 0 Å². The summed E-state index contributed by atoms with van der Waals surface area (Å²) in [5, 5.41) is 3.30. The molecule has 2 saturated heterocycles. The minimum Gasteiger partial charge on any atom is -0.342 e. The predicted molar refractivity (Wildman–Crippen MR) is 82.4 cm³/mol. The van der Waals surface area contributed by atoms with Gasteiger partial charge < -0.3 is 10.2 Å². The summed E-state index contributed by atoms with van der Waals surface area (Å²) in [5.74, 6) is 0.472. The SMILES string of the molecule is CCC1(C(=O)N2CCCC(CNS(C)(=O)=O)C2)CCNC1. The van der Waals surface area contributed by atoms with Crippen LogP contribution >= 0.6 is 0 Å². The Morgan fingerprint density at radius 3 is 2.81 bits per heavy atom. The van der Waals surface area contributed by atoms with Crippen LogP contribution in [-0.4, -0.2) is 58.2 Å². The molecule has 0 radical (unpaired) electrons. The Morgan fingerprint density at radius 1 is 1.48 bits per heavy atom. The lowest BCUT2D eigenvalue weighted by Crippen LogP contribution is -2.50. The topological polar surface area (TPSA) is 78.5 Å². The fourth-order valence-electron chi connectivity index (χ4n) is 3.40. The van der Waals surface area contributed by atoms with Crippen molar-refractivity contribution in [3.8, 4) is 0 Å². The van der Waals surface area contributed by atoms with Crippen molar-refractivity contribution in [2.24, 2.45) is 11.3 Å². The van der Waals surface area contributed by atoms with Crippen LogP contribution in [0.5, 0.6) is 0 Å². The lowest BCUT2D eigenvalue weighted by Gasteiger charge is -2.38. The van der Waals surface area contributed by atoms with Crippen LogP contribution in [-0.2, 0) is 14.8 Å². The quantitative estimate of drug-likeness (QED) is 0.757. The summed E-state index contributed by atoms with van der Waals surface area (Å²) >= 11 is 0. The van der Waals surface area contributed by atoms with Crippen molar-refractivity contribution in [2.75, 3.05) is 39.0 Å². The lowest BCUT2D eigenvalue weighted by atomic mass is 9.82. The van der Waals surface area contributed by atoms with Gasteiger partial charge in [-0.3, -0.25) is 4.79 Å². The van der Waals surface area contributed by atoms with Crippen molar-refractivity contribution in [3.63, 3.8) is 0 Å². The summed E-state index contributed by atoms with van der Waals surface area (Å²) in [4.78, 5) is 14.8. The molecule has 2 fully saturated rings. The van der Waals surface area contributed by atoms with Crippen LogP contribution in [0.1, 0.15) is 32.6 Å². The molecule has 122 valence electrons. The number of amides is 1. The van der Waals surface area contributed by atoms with Gasteiger partial charge in [-0.25, -0.2) is 13.1 Å². The number of nitrogens with zero attached hydrogens (tertiary/aromatic N) is 1. The summed E-state index contributed by atoms with van der Waals surface area (Å²) in [6.07, 6.45) is 4.88. The molecule has 2 unspecified atom stereocenters. The van der Waals surface area contributed by atoms with E-state index in [1.54, 1.807) is 0 Å². The predicted octanol–water partition coefficient (Wildman–Crippen LogP) is 0.164. The number of hydrogen-bond acceptors (Lipinski definition) is 4. The van der Waals surface area contributed by atoms with Gasteiger partial charge in [0, 0.05) is 26.2 Å². The monoisotopic (exact) mass is 317 g/mol. The number of carbonyl (C=O) groups excluding carboxylic acids is 1. The van der Waals surface area contributed by atoms with Crippen molar-refractivity contribution in [3.05, 3.63) is 0 Å². The average molecular weight is 317 g/mol. The van der Waals surface area contributed by atoms with E-state index in [4.69, 9.17) is 0 Å². The van der Waals surface area contributed by atoms with Gasteiger partial charge in [-0.1, -0.05) is 6.92 Å². The first-order chi connectivity index (χ1) is 9.86. The minimum atomic E-state index is -3.16. The maximum Gasteiger partial charge on any atom is 0.230 e. The second-order valence-corrected chi connectivity index (χ2v) is 8.27. The maximum atomic E-state index is 12.8. The fraction of sp³-hybridized carbons (Fsp3) is 0.929. The third-order valence-corrected chi connectivity index (χ3v) is 5.51. The van der Waals surface area contributed by atoms with Gasteiger partial charge in [0.15, 0.2) is 0 Å². The zero-order chi connectivity index (χ0) is 15.5. The van der Waals surface area contributed by atoms with Crippen molar-refractivity contribution < 1.29 is 13.2 Å². The third kappa shape index (κ3) is 4.17. The van der Waals surface area contributed by atoms with Gasteiger partial charge in [-0.05, 0) is 38.1 Å². The van der Waals surface area contributed by atoms with Crippen molar-refractivity contribution in [1.82, 2.24) is 14.9 Å². The Labute approximate surface area is 127 Å². The molecule has 6 nitrogen and oxygen atoms in total. The summed E-state index contributed by atoms with van der Waals surface area (Å²) in [7, 11) is -3.16. The van der Waals surface area contributed by atoms with E-state index in [0.717, 1.165) is 45.3 Å². The van der Waals surface area contributed by atoms with E-state index in [1.165, 1.54) is 6.26 Å². The highest BCUT2D eigenvalue weighted by molar-refractivity contribution is 7.88. The number of hydrogen-bond donors (Lipinski definition) is 2. The van der Waals surface area contributed by atoms with Crippen LogP contribution in [0.3, 0.4) is 0 Å². The highest BCUT2D eigenvalue weighted by Gasteiger charge is 2.42. The molecule has 0 aliphatic carbocycles. The second-order valence-electron chi connectivity index (χ2n) is 6.44. The number of nitrogens with one attached hydrogen (secondary N) is 2. The number of likely N-dealkylation sites (tertiary alicyclic amines) is 1. The zero-order valence-corrected chi connectivity index (χ0v) is 13.8. The molecule has 2 rings (SSSR count). The van der Waals surface area contributed by atoms with Crippen molar-refractivity contribution in [2.45, 2.75) is 32.6 Å². The molecule has 0 saturated carbocycles. The summed E-state index contributed by atoms with van der Waals surface area (Å²) in [5.41, 5.74) is -0.244. The van der Waals surface area contributed by atoms with Crippen LogP contribution in [0, 0.1) is 11.3 Å². The van der Waals surface area contributed by atoms with Crippen LogP contribution < -0.4 is 10.0 Å².